The molecule has 1 heterocycles. The number of rotatable bonds is 6. The van der Waals surface area contributed by atoms with E-state index in [2.05, 4.69) is 6.92 Å². The summed E-state index contributed by atoms with van der Waals surface area (Å²) in [4.78, 5) is 10.5. The molecule has 1 aliphatic heterocycles. The summed E-state index contributed by atoms with van der Waals surface area (Å²) in [6.45, 7) is 3.24. The summed E-state index contributed by atoms with van der Waals surface area (Å²) in [5, 5.41) is 8.56. The van der Waals surface area contributed by atoms with E-state index in [0.29, 0.717) is 19.0 Å². The minimum absolute atomic E-state index is 0.277. The van der Waals surface area contributed by atoms with Crippen LogP contribution < -0.4 is 0 Å². The van der Waals surface area contributed by atoms with Gasteiger partial charge in [-0.15, -0.1) is 0 Å². The van der Waals surface area contributed by atoms with Gasteiger partial charge in [0, 0.05) is 13.1 Å². The van der Waals surface area contributed by atoms with Crippen molar-refractivity contribution in [1.82, 2.24) is 4.31 Å². The Morgan fingerprint density at radius 2 is 2.06 bits per heavy atom. The van der Waals surface area contributed by atoms with Gasteiger partial charge in [-0.3, -0.25) is 4.79 Å². The summed E-state index contributed by atoms with van der Waals surface area (Å²) >= 11 is 0. The molecule has 1 unspecified atom stereocenters. The van der Waals surface area contributed by atoms with E-state index in [9.17, 15) is 13.2 Å². The van der Waals surface area contributed by atoms with Crippen LogP contribution in [0, 0.1) is 5.92 Å². The predicted octanol–water partition coefficient (Wildman–Crippen LogP) is 1.69. The molecule has 1 atom stereocenters. The van der Waals surface area contributed by atoms with Gasteiger partial charge in [-0.25, -0.2) is 12.7 Å². The third-order valence-electron chi connectivity index (χ3n) is 3.47. The third kappa shape index (κ3) is 4.94. The molecule has 1 aliphatic rings. The van der Waals surface area contributed by atoms with Crippen LogP contribution in [0.25, 0.3) is 0 Å². The van der Waals surface area contributed by atoms with Crippen LogP contribution in [0.15, 0.2) is 0 Å². The second-order valence-corrected chi connectivity index (χ2v) is 7.03. The minimum Gasteiger partial charge on any atom is -0.481 e. The Kier molecular flexibility index (Phi) is 6.08. The summed E-state index contributed by atoms with van der Waals surface area (Å²) in [7, 11) is -3.39. The van der Waals surface area contributed by atoms with Gasteiger partial charge in [-0.1, -0.05) is 19.8 Å². The highest BCUT2D eigenvalue weighted by Crippen LogP contribution is 2.23. The van der Waals surface area contributed by atoms with Crippen molar-refractivity contribution in [3.05, 3.63) is 0 Å². The number of hydrogen-bond acceptors (Lipinski definition) is 3. The Hall–Kier alpha value is -0.620. The highest BCUT2D eigenvalue weighted by Gasteiger charge is 2.26. The van der Waals surface area contributed by atoms with Crippen molar-refractivity contribution >= 4 is 16.0 Å². The van der Waals surface area contributed by atoms with Crippen molar-refractivity contribution in [3.63, 3.8) is 0 Å². The lowest BCUT2D eigenvalue weighted by Gasteiger charge is -2.19. The molecule has 6 heteroatoms. The lowest BCUT2D eigenvalue weighted by Crippen LogP contribution is -2.34. The maximum Gasteiger partial charge on any atom is 0.304 e. The Balaban J connectivity index is 2.53. The second kappa shape index (κ2) is 7.09. The second-order valence-electron chi connectivity index (χ2n) is 4.94. The molecule has 5 nitrogen and oxygen atoms in total. The van der Waals surface area contributed by atoms with Crippen LogP contribution in [0.1, 0.15) is 45.4 Å². The summed E-state index contributed by atoms with van der Waals surface area (Å²) in [5.74, 6) is -0.715. The zero-order valence-electron chi connectivity index (χ0n) is 11.0. The molecule has 0 aromatic rings. The molecule has 18 heavy (non-hydrogen) atoms. The maximum absolute atomic E-state index is 12.0. The van der Waals surface area contributed by atoms with E-state index < -0.39 is 16.0 Å². The van der Waals surface area contributed by atoms with Crippen molar-refractivity contribution in [3.8, 4) is 0 Å². The summed E-state index contributed by atoms with van der Waals surface area (Å²) in [6, 6.07) is 0. The standard InChI is InChI=1S/C12H23NO4S/c1-2-4-11-5-3-8-13(9-6-11)18(16,17)10-7-12(14)15/h11H,2-10H2,1H3,(H,14,15). The van der Waals surface area contributed by atoms with Crippen molar-refractivity contribution in [2.45, 2.75) is 45.4 Å². The molecule has 1 saturated heterocycles. The average molecular weight is 277 g/mol. The molecule has 0 aliphatic carbocycles. The number of carbonyl (C=O) groups is 1. The fourth-order valence-corrected chi connectivity index (χ4v) is 3.94. The van der Waals surface area contributed by atoms with Crippen LogP contribution in [0.3, 0.4) is 0 Å². The zero-order valence-corrected chi connectivity index (χ0v) is 11.8. The number of aliphatic carboxylic acids is 1. The largest absolute Gasteiger partial charge is 0.481 e. The fourth-order valence-electron chi connectivity index (χ4n) is 2.46. The molecule has 0 spiro atoms. The topological polar surface area (TPSA) is 74.7 Å². The first-order valence-electron chi connectivity index (χ1n) is 6.65. The normalized spacial score (nSPS) is 22.6. The molecule has 0 aromatic carbocycles. The first-order valence-corrected chi connectivity index (χ1v) is 8.26. The molecule has 0 saturated carbocycles. The lowest BCUT2D eigenvalue weighted by molar-refractivity contribution is -0.136. The van der Waals surface area contributed by atoms with Crippen molar-refractivity contribution < 1.29 is 18.3 Å². The monoisotopic (exact) mass is 277 g/mol. The predicted molar refractivity (Wildman–Crippen MR) is 69.9 cm³/mol. The molecule has 0 bridgehead atoms. The van der Waals surface area contributed by atoms with E-state index >= 15 is 0 Å². The van der Waals surface area contributed by atoms with E-state index in [4.69, 9.17) is 5.11 Å². The van der Waals surface area contributed by atoms with Gasteiger partial charge in [0.05, 0.1) is 12.2 Å². The molecule has 1 rings (SSSR count). The van der Waals surface area contributed by atoms with Gasteiger partial charge in [0.25, 0.3) is 0 Å². The number of carboxylic acids is 1. The number of carboxylic acid groups (broad SMARTS) is 1. The first-order chi connectivity index (χ1) is 8.45. The first kappa shape index (κ1) is 15.4. The Morgan fingerprint density at radius 3 is 2.67 bits per heavy atom. The van der Waals surface area contributed by atoms with Crippen molar-refractivity contribution in [2.24, 2.45) is 5.92 Å². The SMILES string of the molecule is CCCC1CCCN(S(=O)(=O)CCC(=O)O)CC1. The minimum atomic E-state index is -3.39. The van der Waals surface area contributed by atoms with Gasteiger partial charge in [0.15, 0.2) is 0 Å². The van der Waals surface area contributed by atoms with Gasteiger partial charge < -0.3 is 5.11 Å². The van der Waals surface area contributed by atoms with E-state index in [1.54, 1.807) is 0 Å². The molecule has 106 valence electrons. The molecule has 0 aromatic heterocycles. The third-order valence-corrected chi connectivity index (χ3v) is 5.34. The fraction of sp³-hybridized carbons (Fsp3) is 0.917. The number of hydrogen-bond donors (Lipinski definition) is 1. The smallest absolute Gasteiger partial charge is 0.304 e. The Bertz CT molecular complexity index is 366. The average Bonchev–Trinajstić information content (AvgIpc) is 2.53. The molecular weight excluding hydrogens is 254 g/mol. The lowest BCUT2D eigenvalue weighted by atomic mass is 9.96. The van der Waals surface area contributed by atoms with Crippen LogP contribution in [0.4, 0.5) is 0 Å². The van der Waals surface area contributed by atoms with Crippen LogP contribution in [0.2, 0.25) is 0 Å². The molecular formula is C12H23NO4S. The number of sulfonamides is 1. The van der Waals surface area contributed by atoms with Gasteiger partial charge in [0.2, 0.25) is 10.0 Å². The Morgan fingerprint density at radius 1 is 1.33 bits per heavy atom. The van der Waals surface area contributed by atoms with Gasteiger partial charge >= 0.3 is 5.97 Å². The molecule has 1 fully saturated rings. The Labute approximate surface area is 109 Å². The highest BCUT2D eigenvalue weighted by atomic mass is 32.2. The van der Waals surface area contributed by atoms with E-state index in [-0.39, 0.29) is 12.2 Å². The van der Waals surface area contributed by atoms with Crippen molar-refractivity contribution in [1.29, 1.82) is 0 Å². The van der Waals surface area contributed by atoms with Gasteiger partial charge in [-0.2, -0.15) is 0 Å². The van der Waals surface area contributed by atoms with E-state index in [1.165, 1.54) is 4.31 Å². The molecule has 0 amide bonds. The van der Waals surface area contributed by atoms with Gasteiger partial charge in [0.1, 0.15) is 0 Å². The van der Waals surface area contributed by atoms with Crippen LogP contribution in [-0.4, -0.2) is 42.6 Å². The van der Waals surface area contributed by atoms with Crippen molar-refractivity contribution in [2.75, 3.05) is 18.8 Å². The van der Waals surface area contributed by atoms with E-state index in [0.717, 1.165) is 32.1 Å². The molecule has 1 N–H and O–H groups in total. The maximum atomic E-state index is 12.0. The van der Waals surface area contributed by atoms with Crippen LogP contribution >= 0.6 is 0 Å². The van der Waals surface area contributed by atoms with Crippen LogP contribution in [0.5, 0.6) is 0 Å². The number of nitrogens with zero attached hydrogens (tertiary/aromatic N) is 1. The summed E-state index contributed by atoms with van der Waals surface area (Å²) in [5.41, 5.74) is 0. The molecule has 0 radical (unpaired) electrons. The highest BCUT2D eigenvalue weighted by molar-refractivity contribution is 7.89. The quantitative estimate of drug-likeness (QED) is 0.801. The summed E-state index contributed by atoms with van der Waals surface area (Å²) in [6.07, 6.45) is 4.85. The van der Waals surface area contributed by atoms with E-state index in [1.807, 2.05) is 0 Å². The van der Waals surface area contributed by atoms with Gasteiger partial charge in [-0.05, 0) is 25.2 Å². The zero-order chi connectivity index (χ0) is 13.6. The van der Waals surface area contributed by atoms with Crippen LogP contribution in [-0.2, 0) is 14.8 Å². The summed E-state index contributed by atoms with van der Waals surface area (Å²) < 4.78 is 25.4.